The van der Waals surface area contributed by atoms with Crippen molar-refractivity contribution in [2.24, 2.45) is 10.7 Å². The molecule has 0 unspecified atom stereocenters. The molecule has 0 bridgehead atoms. The van der Waals surface area contributed by atoms with Gasteiger partial charge < -0.3 is 5.73 Å². The number of halogens is 1. The number of hydrogen-bond acceptors (Lipinski definition) is 2. The van der Waals surface area contributed by atoms with Gasteiger partial charge in [0.05, 0.1) is 6.54 Å². The minimum absolute atomic E-state index is 0.679. The average Bonchev–Trinajstić information content (AvgIpc) is 2.33. The topological polar surface area (TPSA) is 38.4 Å². The zero-order valence-corrected chi connectivity index (χ0v) is 8.00. The number of rotatable bonds is 0. The van der Waals surface area contributed by atoms with Gasteiger partial charge in [-0.2, -0.15) is 0 Å². The highest BCUT2D eigenvalue weighted by atomic mass is 127. The normalized spacial score (nSPS) is 14.5. The molecule has 0 fully saturated rings. The van der Waals surface area contributed by atoms with Crippen LogP contribution in [-0.2, 0) is 6.54 Å². The minimum Gasteiger partial charge on any atom is -0.383 e. The van der Waals surface area contributed by atoms with Gasteiger partial charge in [0.2, 0.25) is 0 Å². The molecule has 2 nitrogen and oxygen atoms in total. The smallest absolute Gasteiger partial charge is 0.126 e. The fourth-order valence-corrected chi connectivity index (χ4v) is 1.67. The molecule has 0 saturated heterocycles. The summed E-state index contributed by atoms with van der Waals surface area (Å²) >= 11 is 2.27. The Hall–Kier alpha value is -0.580. The molecule has 0 amide bonds. The van der Waals surface area contributed by atoms with Crippen molar-refractivity contribution in [3.63, 3.8) is 0 Å². The summed E-state index contributed by atoms with van der Waals surface area (Å²) in [5.41, 5.74) is 8.01. The van der Waals surface area contributed by atoms with Crippen molar-refractivity contribution in [3.05, 3.63) is 32.9 Å². The summed E-state index contributed by atoms with van der Waals surface area (Å²) in [7, 11) is 0. The first-order valence-corrected chi connectivity index (χ1v) is 4.44. The summed E-state index contributed by atoms with van der Waals surface area (Å²) in [5.74, 6) is 0.679. The molecule has 11 heavy (non-hydrogen) atoms. The second-order valence-corrected chi connectivity index (χ2v) is 3.75. The van der Waals surface area contributed by atoms with Crippen LogP contribution < -0.4 is 5.73 Å². The van der Waals surface area contributed by atoms with Crippen molar-refractivity contribution < 1.29 is 0 Å². The van der Waals surface area contributed by atoms with Crippen molar-refractivity contribution in [3.8, 4) is 0 Å². The van der Waals surface area contributed by atoms with Crippen LogP contribution in [0.4, 0.5) is 0 Å². The van der Waals surface area contributed by atoms with Gasteiger partial charge in [-0.25, -0.2) is 0 Å². The Balaban J connectivity index is 2.60. The average molecular weight is 258 g/mol. The van der Waals surface area contributed by atoms with Crippen LogP contribution in [0.5, 0.6) is 0 Å². The van der Waals surface area contributed by atoms with Gasteiger partial charge in [-0.1, -0.05) is 6.07 Å². The molecular weight excluding hydrogens is 251 g/mol. The van der Waals surface area contributed by atoms with E-state index in [1.807, 2.05) is 0 Å². The van der Waals surface area contributed by atoms with Gasteiger partial charge in [-0.3, -0.25) is 4.99 Å². The third-order valence-electron chi connectivity index (χ3n) is 1.77. The summed E-state index contributed by atoms with van der Waals surface area (Å²) in [6.45, 7) is 0.748. The second-order valence-electron chi connectivity index (χ2n) is 2.50. The monoisotopic (exact) mass is 258 g/mol. The maximum absolute atomic E-state index is 5.66. The van der Waals surface area contributed by atoms with E-state index < -0.39 is 0 Å². The third kappa shape index (κ3) is 1.13. The molecule has 1 aliphatic heterocycles. The fraction of sp³-hybridized carbons (Fsp3) is 0.125. The molecule has 1 aromatic rings. The predicted octanol–water partition coefficient (Wildman–Crippen LogP) is 1.51. The van der Waals surface area contributed by atoms with E-state index in [1.54, 1.807) is 0 Å². The molecule has 1 heterocycles. The molecule has 2 N–H and O–H groups in total. The summed E-state index contributed by atoms with van der Waals surface area (Å²) in [5, 5.41) is 0. The zero-order valence-electron chi connectivity index (χ0n) is 5.84. The molecule has 3 heteroatoms. The van der Waals surface area contributed by atoms with Crippen LogP contribution in [0.2, 0.25) is 0 Å². The first kappa shape index (κ1) is 7.09. The summed E-state index contributed by atoms with van der Waals surface area (Å²) < 4.78 is 1.21. The highest BCUT2D eigenvalue weighted by Gasteiger charge is 2.11. The molecule has 1 aromatic carbocycles. The number of aliphatic imine (C=N–C) groups is 1. The van der Waals surface area contributed by atoms with E-state index in [9.17, 15) is 0 Å². The molecular formula is C8H7IN2. The lowest BCUT2D eigenvalue weighted by atomic mass is 10.1. The Morgan fingerprint density at radius 3 is 3.09 bits per heavy atom. The van der Waals surface area contributed by atoms with Crippen LogP contribution in [0.15, 0.2) is 23.2 Å². The first-order valence-electron chi connectivity index (χ1n) is 3.36. The van der Waals surface area contributed by atoms with Crippen LogP contribution in [0.3, 0.4) is 0 Å². The van der Waals surface area contributed by atoms with Crippen LogP contribution >= 0.6 is 22.6 Å². The summed E-state index contributed by atoms with van der Waals surface area (Å²) in [6.07, 6.45) is 0. The van der Waals surface area contributed by atoms with E-state index in [2.05, 4.69) is 45.8 Å². The van der Waals surface area contributed by atoms with Crippen LogP contribution in [0, 0.1) is 3.57 Å². The Morgan fingerprint density at radius 2 is 2.27 bits per heavy atom. The van der Waals surface area contributed by atoms with Crippen molar-refractivity contribution in [1.82, 2.24) is 0 Å². The van der Waals surface area contributed by atoms with E-state index in [-0.39, 0.29) is 0 Å². The van der Waals surface area contributed by atoms with E-state index in [4.69, 9.17) is 5.73 Å². The van der Waals surface area contributed by atoms with Crippen LogP contribution in [0.1, 0.15) is 11.1 Å². The second kappa shape index (κ2) is 2.48. The van der Waals surface area contributed by atoms with Crippen molar-refractivity contribution >= 4 is 28.4 Å². The lowest BCUT2D eigenvalue weighted by Gasteiger charge is -1.98. The van der Waals surface area contributed by atoms with Crippen LogP contribution in [0.25, 0.3) is 0 Å². The molecule has 56 valence electrons. The van der Waals surface area contributed by atoms with Crippen molar-refractivity contribution in [2.75, 3.05) is 0 Å². The van der Waals surface area contributed by atoms with Gasteiger partial charge >= 0.3 is 0 Å². The number of nitrogens with two attached hydrogens (primary N) is 1. The third-order valence-corrected chi connectivity index (χ3v) is 2.44. The fourth-order valence-electron chi connectivity index (χ4n) is 1.18. The van der Waals surface area contributed by atoms with E-state index in [0.29, 0.717) is 5.84 Å². The molecule has 2 rings (SSSR count). The number of amidine groups is 1. The molecule has 0 radical (unpaired) electrons. The largest absolute Gasteiger partial charge is 0.383 e. The highest BCUT2D eigenvalue weighted by molar-refractivity contribution is 14.1. The molecule has 0 aliphatic carbocycles. The minimum atomic E-state index is 0.679. The summed E-state index contributed by atoms with van der Waals surface area (Å²) in [6, 6.07) is 6.23. The molecule has 0 spiro atoms. The van der Waals surface area contributed by atoms with Crippen molar-refractivity contribution in [1.29, 1.82) is 0 Å². The maximum atomic E-state index is 5.66. The van der Waals surface area contributed by atoms with Gasteiger partial charge in [-0.15, -0.1) is 0 Å². The standard InChI is InChI=1S/C8H7IN2/c9-6-2-1-5-4-11-8(10)7(5)3-6/h1-3H,4H2,(H2,10,11). The number of fused-ring (bicyclic) bond motifs is 1. The Morgan fingerprint density at radius 1 is 1.45 bits per heavy atom. The molecule has 0 atom stereocenters. The van der Waals surface area contributed by atoms with E-state index in [1.165, 1.54) is 9.13 Å². The lowest BCUT2D eigenvalue weighted by Crippen LogP contribution is -2.10. The maximum Gasteiger partial charge on any atom is 0.126 e. The number of nitrogens with zero attached hydrogens (tertiary/aromatic N) is 1. The van der Waals surface area contributed by atoms with Gasteiger partial charge in [0.25, 0.3) is 0 Å². The Labute approximate surface area is 78.7 Å². The van der Waals surface area contributed by atoms with Gasteiger partial charge in [-0.05, 0) is 40.3 Å². The van der Waals surface area contributed by atoms with Gasteiger partial charge in [0.15, 0.2) is 0 Å². The molecule has 0 saturated carbocycles. The zero-order chi connectivity index (χ0) is 7.84. The van der Waals surface area contributed by atoms with Gasteiger partial charge in [0, 0.05) is 9.13 Å². The first-order chi connectivity index (χ1) is 5.27. The number of hydrogen-bond donors (Lipinski definition) is 1. The molecule has 1 aliphatic rings. The van der Waals surface area contributed by atoms with Crippen LogP contribution in [-0.4, -0.2) is 5.84 Å². The van der Waals surface area contributed by atoms with Gasteiger partial charge in [0.1, 0.15) is 5.84 Å². The van der Waals surface area contributed by atoms with E-state index in [0.717, 1.165) is 12.1 Å². The molecule has 0 aromatic heterocycles. The predicted molar refractivity (Wildman–Crippen MR) is 53.6 cm³/mol. The van der Waals surface area contributed by atoms with Crippen molar-refractivity contribution in [2.45, 2.75) is 6.54 Å². The highest BCUT2D eigenvalue weighted by Crippen LogP contribution is 2.19. The SMILES string of the molecule is NC1=NCc2ccc(I)cc21. The Bertz CT molecular complexity index is 331. The quantitative estimate of drug-likeness (QED) is 0.704. The lowest BCUT2D eigenvalue weighted by molar-refractivity contribution is 1.10. The number of benzene rings is 1. The van der Waals surface area contributed by atoms with E-state index >= 15 is 0 Å². The summed E-state index contributed by atoms with van der Waals surface area (Å²) in [4.78, 5) is 4.14. The Kier molecular flexibility index (Phi) is 1.60.